The molecule has 0 spiro atoms. The fraction of sp³-hybridized carbons (Fsp3) is 0.533. The molecule has 0 radical (unpaired) electrons. The minimum absolute atomic E-state index is 0.164. The molecule has 0 aliphatic rings. The third kappa shape index (κ3) is 7.50. The van der Waals surface area contributed by atoms with E-state index in [1.807, 2.05) is 19.1 Å². The van der Waals surface area contributed by atoms with Crippen LogP contribution in [0, 0.1) is 0 Å². The molecule has 112 valence electrons. The number of carbonyl (C=O) groups excluding carboxylic acids is 1. The number of hydrogen-bond donors (Lipinski definition) is 3. The standard InChI is InChI=1S/C15H23BrN2O2/c1-2-14(19)8-10-18-15(20)17-9-4-6-12-5-3-7-13(16)11-12/h3,5,7,11,14,19H,2,4,6,8-10H2,1H3,(H2,17,18,20). The number of urea groups is 1. The molecular formula is C15H23BrN2O2. The number of carbonyl (C=O) groups is 1. The van der Waals surface area contributed by atoms with Crippen LogP contribution in [0.25, 0.3) is 0 Å². The minimum atomic E-state index is -0.327. The van der Waals surface area contributed by atoms with Gasteiger partial charge < -0.3 is 15.7 Å². The fourth-order valence-electron chi connectivity index (χ4n) is 1.81. The number of aryl methyl sites for hydroxylation is 1. The maximum atomic E-state index is 11.5. The number of halogens is 1. The summed E-state index contributed by atoms with van der Waals surface area (Å²) in [6.45, 7) is 3.08. The number of nitrogens with one attached hydrogen (secondary N) is 2. The van der Waals surface area contributed by atoms with E-state index in [4.69, 9.17) is 0 Å². The van der Waals surface area contributed by atoms with Crippen LogP contribution in [0.15, 0.2) is 28.7 Å². The van der Waals surface area contributed by atoms with E-state index in [2.05, 4.69) is 38.7 Å². The van der Waals surface area contributed by atoms with E-state index in [0.29, 0.717) is 19.5 Å². The molecule has 1 aromatic rings. The van der Waals surface area contributed by atoms with Crippen LogP contribution >= 0.6 is 15.9 Å². The van der Waals surface area contributed by atoms with Crippen LogP contribution in [0.4, 0.5) is 4.79 Å². The Balaban J connectivity index is 2.07. The second kappa shape index (κ2) is 9.77. The highest BCUT2D eigenvalue weighted by Crippen LogP contribution is 2.12. The van der Waals surface area contributed by atoms with Gasteiger partial charge in [0.05, 0.1) is 6.10 Å². The van der Waals surface area contributed by atoms with Crippen molar-refractivity contribution in [3.8, 4) is 0 Å². The molecule has 1 unspecified atom stereocenters. The molecule has 0 fully saturated rings. The minimum Gasteiger partial charge on any atom is -0.393 e. The van der Waals surface area contributed by atoms with Crippen molar-refractivity contribution in [1.82, 2.24) is 10.6 Å². The zero-order chi connectivity index (χ0) is 14.8. The van der Waals surface area contributed by atoms with E-state index in [-0.39, 0.29) is 12.1 Å². The second-order valence-corrected chi connectivity index (χ2v) is 5.68. The van der Waals surface area contributed by atoms with Crippen LogP contribution in [0.1, 0.15) is 31.7 Å². The molecule has 4 nitrogen and oxygen atoms in total. The highest BCUT2D eigenvalue weighted by Gasteiger charge is 2.03. The first kappa shape index (κ1) is 17.0. The summed E-state index contributed by atoms with van der Waals surface area (Å²) >= 11 is 3.44. The summed E-state index contributed by atoms with van der Waals surface area (Å²) in [5.41, 5.74) is 1.26. The van der Waals surface area contributed by atoms with Crippen LogP contribution in [0.2, 0.25) is 0 Å². The van der Waals surface area contributed by atoms with Crippen LogP contribution < -0.4 is 10.6 Å². The van der Waals surface area contributed by atoms with Gasteiger partial charge in [-0.2, -0.15) is 0 Å². The summed E-state index contributed by atoms with van der Waals surface area (Å²) < 4.78 is 1.08. The molecule has 1 rings (SSSR count). The topological polar surface area (TPSA) is 61.4 Å². The Labute approximate surface area is 129 Å². The largest absolute Gasteiger partial charge is 0.393 e. The number of aliphatic hydroxyl groups is 1. The third-order valence-corrected chi connectivity index (χ3v) is 3.54. The lowest BCUT2D eigenvalue weighted by atomic mass is 10.1. The Kier molecular flexibility index (Phi) is 8.30. The van der Waals surface area contributed by atoms with Gasteiger partial charge in [0.25, 0.3) is 0 Å². The molecule has 0 aliphatic carbocycles. The number of benzene rings is 1. The normalized spacial score (nSPS) is 11.9. The van der Waals surface area contributed by atoms with Crippen molar-refractivity contribution in [3.63, 3.8) is 0 Å². The van der Waals surface area contributed by atoms with Gasteiger partial charge >= 0.3 is 6.03 Å². The molecule has 3 N–H and O–H groups in total. The van der Waals surface area contributed by atoms with Gasteiger partial charge in [0.15, 0.2) is 0 Å². The van der Waals surface area contributed by atoms with Crippen molar-refractivity contribution in [2.75, 3.05) is 13.1 Å². The van der Waals surface area contributed by atoms with E-state index in [9.17, 15) is 9.90 Å². The molecule has 1 atom stereocenters. The molecule has 0 bridgehead atoms. The van der Waals surface area contributed by atoms with Gasteiger partial charge in [-0.1, -0.05) is 35.0 Å². The van der Waals surface area contributed by atoms with E-state index < -0.39 is 0 Å². The molecule has 0 aliphatic heterocycles. The molecule has 0 saturated heterocycles. The Hall–Kier alpha value is -1.07. The first-order chi connectivity index (χ1) is 9.61. The molecule has 2 amide bonds. The SMILES string of the molecule is CCC(O)CCNC(=O)NCCCc1cccc(Br)c1. The van der Waals surface area contributed by atoms with Crippen molar-refractivity contribution in [2.45, 2.75) is 38.7 Å². The molecule has 0 saturated carbocycles. The lowest BCUT2D eigenvalue weighted by molar-refractivity contribution is 0.160. The molecular weight excluding hydrogens is 320 g/mol. The van der Waals surface area contributed by atoms with E-state index >= 15 is 0 Å². The Morgan fingerprint density at radius 3 is 2.80 bits per heavy atom. The van der Waals surface area contributed by atoms with Crippen LogP contribution in [0.5, 0.6) is 0 Å². The van der Waals surface area contributed by atoms with Gasteiger partial charge in [0.1, 0.15) is 0 Å². The van der Waals surface area contributed by atoms with E-state index in [1.165, 1.54) is 5.56 Å². The highest BCUT2D eigenvalue weighted by molar-refractivity contribution is 9.10. The summed E-state index contributed by atoms with van der Waals surface area (Å²) in [5, 5.41) is 14.9. The fourth-order valence-corrected chi connectivity index (χ4v) is 2.25. The summed E-state index contributed by atoms with van der Waals surface area (Å²) in [5.74, 6) is 0. The Morgan fingerprint density at radius 1 is 1.35 bits per heavy atom. The molecule has 0 aromatic heterocycles. The zero-order valence-corrected chi connectivity index (χ0v) is 13.4. The van der Waals surface area contributed by atoms with Crippen molar-refractivity contribution in [1.29, 1.82) is 0 Å². The average Bonchev–Trinajstić information content (AvgIpc) is 2.43. The van der Waals surface area contributed by atoms with Crippen molar-refractivity contribution >= 4 is 22.0 Å². The van der Waals surface area contributed by atoms with Gasteiger partial charge in [-0.05, 0) is 43.4 Å². The summed E-state index contributed by atoms with van der Waals surface area (Å²) in [6.07, 6.45) is 2.83. The third-order valence-electron chi connectivity index (χ3n) is 3.05. The second-order valence-electron chi connectivity index (χ2n) is 4.77. The Morgan fingerprint density at radius 2 is 2.10 bits per heavy atom. The van der Waals surface area contributed by atoms with Crippen molar-refractivity contribution in [2.24, 2.45) is 0 Å². The number of hydrogen-bond acceptors (Lipinski definition) is 2. The summed E-state index contributed by atoms with van der Waals surface area (Å²) in [7, 11) is 0. The van der Waals surface area contributed by atoms with Crippen molar-refractivity contribution < 1.29 is 9.90 Å². The Bertz CT molecular complexity index is 413. The summed E-state index contributed by atoms with van der Waals surface area (Å²) in [6, 6.07) is 8.02. The van der Waals surface area contributed by atoms with E-state index in [0.717, 1.165) is 23.7 Å². The first-order valence-corrected chi connectivity index (χ1v) is 7.85. The first-order valence-electron chi connectivity index (χ1n) is 7.06. The van der Waals surface area contributed by atoms with Gasteiger partial charge in [-0.15, -0.1) is 0 Å². The van der Waals surface area contributed by atoms with Crippen LogP contribution in [-0.4, -0.2) is 30.3 Å². The average molecular weight is 343 g/mol. The number of amides is 2. The van der Waals surface area contributed by atoms with E-state index in [1.54, 1.807) is 0 Å². The highest BCUT2D eigenvalue weighted by atomic mass is 79.9. The lowest BCUT2D eigenvalue weighted by Gasteiger charge is -2.10. The lowest BCUT2D eigenvalue weighted by Crippen LogP contribution is -2.37. The number of aliphatic hydroxyl groups excluding tert-OH is 1. The maximum Gasteiger partial charge on any atom is 0.314 e. The van der Waals surface area contributed by atoms with Gasteiger partial charge in [0, 0.05) is 17.6 Å². The molecule has 20 heavy (non-hydrogen) atoms. The molecule has 1 aromatic carbocycles. The smallest absolute Gasteiger partial charge is 0.314 e. The quantitative estimate of drug-likeness (QED) is 0.636. The molecule has 5 heteroatoms. The van der Waals surface area contributed by atoms with Gasteiger partial charge in [0.2, 0.25) is 0 Å². The predicted octanol–water partition coefficient (Wildman–Crippen LogP) is 2.84. The predicted molar refractivity (Wildman–Crippen MR) is 84.8 cm³/mol. The maximum absolute atomic E-state index is 11.5. The molecule has 0 heterocycles. The van der Waals surface area contributed by atoms with Crippen LogP contribution in [-0.2, 0) is 6.42 Å². The number of rotatable bonds is 8. The van der Waals surface area contributed by atoms with Crippen molar-refractivity contribution in [3.05, 3.63) is 34.3 Å². The monoisotopic (exact) mass is 342 g/mol. The zero-order valence-electron chi connectivity index (χ0n) is 11.9. The van der Waals surface area contributed by atoms with Crippen LogP contribution in [0.3, 0.4) is 0 Å². The van der Waals surface area contributed by atoms with Gasteiger partial charge in [-0.25, -0.2) is 4.79 Å². The van der Waals surface area contributed by atoms with Gasteiger partial charge in [-0.3, -0.25) is 0 Å². The summed E-state index contributed by atoms with van der Waals surface area (Å²) in [4.78, 5) is 11.5.